The zero-order valence-corrected chi connectivity index (χ0v) is 25.9. The molecule has 0 aliphatic carbocycles. The molecule has 0 atom stereocenters. The van der Waals surface area contributed by atoms with Gasteiger partial charge in [-0.2, -0.15) is 5.10 Å². The Morgan fingerprint density at radius 3 is 2.55 bits per heavy atom. The quantitative estimate of drug-likeness (QED) is 0.166. The van der Waals surface area contributed by atoms with Gasteiger partial charge in [0.1, 0.15) is 5.82 Å². The van der Waals surface area contributed by atoms with E-state index in [9.17, 15) is 4.39 Å². The number of allylic oxidation sites excluding steroid dienone is 4. The monoisotopic (exact) mass is 639 g/mol. The van der Waals surface area contributed by atoms with Crippen LogP contribution in [0.4, 0.5) is 10.2 Å². The SMILES string of the molecule is C=C/C=C(\C=C/C)Nc1nc(-c2cc(Cl)ccc2F)nc2nccnc12.c1ccc(-c2[nH]ncc2-c2ccnc3ccccc23)nc1. The molecule has 0 saturated carbocycles. The van der Waals surface area contributed by atoms with Crippen molar-refractivity contribution in [2.45, 2.75) is 6.92 Å². The van der Waals surface area contributed by atoms with Gasteiger partial charge in [-0.15, -0.1) is 0 Å². The minimum atomic E-state index is -0.473. The number of hydrogen-bond donors (Lipinski definition) is 2. The van der Waals surface area contributed by atoms with Crippen LogP contribution >= 0.6 is 11.6 Å². The highest BCUT2D eigenvalue weighted by Crippen LogP contribution is 2.33. The van der Waals surface area contributed by atoms with E-state index >= 15 is 0 Å². The lowest BCUT2D eigenvalue weighted by molar-refractivity contribution is 0.630. The second-order valence-corrected chi connectivity index (χ2v) is 10.4. The van der Waals surface area contributed by atoms with Crippen molar-refractivity contribution in [3.8, 4) is 33.9 Å². The molecule has 0 aliphatic rings. The average Bonchev–Trinajstić information content (AvgIpc) is 3.60. The molecule has 230 valence electrons. The van der Waals surface area contributed by atoms with Crippen LogP contribution in [0, 0.1) is 5.82 Å². The lowest BCUT2D eigenvalue weighted by Crippen LogP contribution is -2.05. The van der Waals surface area contributed by atoms with E-state index in [0.29, 0.717) is 22.0 Å². The molecule has 2 N–H and O–H groups in total. The number of rotatable bonds is 7. The Hall–Kier alpha value is -6.13. The van der Waals surface area contributed by atoms with Gasteiger partial charge in [0.2, 0.25) is 0 Å². The van der Waals surface area contributed by atoms with Crippen molar-refractivity contribution in [1.29, 1.82) is 0 Å². The largest absolute Gasteiger partial charge is 0.338 e. The number of nitrogens with zero attached hydrogens (tertiary/aromatic N) is 7. The molecule has 47 heavy (non-hydrogen) atoms. The van der Waals surface area contributed by atoms with E-state index in [0.717, 1.165) is 39.1 Å². The fraction of sp³-hybridized carbons (Fsp3) is 0.0278. The Morgan fingerprint density at radius 1 is 0.872 bits per heavy atom. The molecule has 11 heteroatoms. The summed E-state index contributed by atoms with van der Waals surface area (Å²) in [6.45, 7) is 5.59. The lowest BCUT2D eigenvalue weighted by Gasteiger charge is -2.11. The van der Waals surface area contributed by atoms with Crippen molar-refractivity contribution in [3.63, 3.8) is 0 Å². The minimum Gasteiger partial charge on any atom is -0.338 e. The molecule has 7 rings (SSSR count). The summed E-state index contributed by atoms with van der Waals surface area (Å²) in [5, 5.41) is 11.9. The molecular weight excluding hydrogens is 613 g/mol. The third-order valence-electron chi connectivity index (χ3n) is 6.91. The molecular formula is C36H27ClFN9. The normalized spacial score (nSPS) is 11.4. The van der Waals surface area contributed by atoms with Gasteiger partial charge in [-0.3, -0.25) is 15.1 Å². The van der Waals surface area contributed by atoms with E-state index < -0.39 is 5.82 Å². The van der Waals surface area contributed by atoms with E-state index in [1.54, 1.807) is 24.5 Å². The predicted molar refractivity (Wildman–Crippen MR) is 185 cm³/mol. The van der Waals surface area contributed by atoms with E-state index in [4.69, 9.17) is 11.6 Å². The molecule has 0 radical (unpaired) electrons. The van der Waals surface area contributed by atoms with E-state index in [1.807, 2.05) is 73.9 Å². The Bertz CT molecular complexity index is 2240. The van der Waals surface area contributed by atoms with Crippen LogP contribution in [-0.4, -0.2) is 40.1 Å². The zero-order valence-electron chi connectivity index (χ0n) is 25.1. The maximum Gasteiger partial charge on any atom is 0.184 e. The van der Waals surface area contributed by atoms with Crippen LogP contribution in [0.1, 0.15) is 6.92 Å². The van der Waals surface area contributed by atoms with Gasteiger partial charge in [-0.05, 0) is 67.1 Å². The summed E-state index contributed by atoms with van der Waals surface area (Å²) in [6, 6.07) is 20.2. The molecule has 0 unspecified atom stereocenters. The zero-order chi connectivity index (χ0) is 32.6. The van der Waals surface area contributed by atoms with Gasteiger partial charge in [0.05, 0.1) is 28.7 Å². The number of nitrogens with one attached hydrogen (secondary N) is 2. The number of anilines is 1. The molecule has 5 aromatic heterocycles. The van der Waals surface area contributed by atoms with Crippen molar-refractivity contribution >= 4 is 39.5 Å². The third kappa shape index (κ3) is 6.92. The fourth-order valence-corrected chi connectivity index (χ4v) is 5.02. The van der Waals surface area contributed by atoms with Gasteiger partial charge in [0.15, 0.2) is 22.8 Å². The van der Waals surface area contributed by atoms with E-state index in [-0.39, 0.29) is 11.4 Å². The van der Waals surface area contributed by atoms with Crippen molar-refractivity contribution in [2.75, 3.05) is 5.32 Å². The van der Waals surface area contributed by atoms with E-state index in [1.165, 1.54) is 24.4 Å². The molecule has 0 spiro atoms. The van der Waals surface area contributed by atoms with Crippen LogP contribution in [-0.2, 0) is 0 Å². The predicted octanol–water partition coefficient (Wildman–Crippen LogP) is 8.62. The van der Waals surface area contributed by atoms with E-state index in [2.05, 4.69) is 58.1 Å². The summed E-state index contributed by atoms with van der Waals surface area (Å²) >= 11 is 6.00. The molecule has 0 saturated heterocycles. The topological polar surface area (TPSA) is 118 Å². The smallest absolute Gasteiger partial charge is 0.184 e. The summed E-state index contributed by atoms with van der Waals surface area (Å²) in [4.78, 5) is 26.1. The fourth-order valence-electron chi connectivity index (χ4n) is 4.85. The Kier molecular flexibility index (Phi) is 9.40. The van der Waals surface area contributed by atoms with Crippen LogP contribution in [0.3, 0.4) is 0 Å². The number of hydrogen-bond acceptors (Lipinski definition) is 8. The van der Waals surface area contributed by atoms with Gasteiger partial charge in [-0.25, -0.2) is 24.3 Å². The molecule has 0 amide bonds. The van der Waals surface area contributed by atoms with Crippen molar-refractivity contribution in [2.24, 2.45) is 0 Å². The maximum absolute atomic E-state index is 14.3. The Labute approximate surface area is 274 Å². The average molecular weight is 640 g/mol. The summed E-state index contributed by atoms with van der Waals surface area (Å²) in [5.41, 5.74) is 6.67. The van der Waals surface area contributed by atoms with Crippen molar-refractivity contribution in [3.05, 3.63) is 145 Å². The highest BCUT2D eigenvalue weighted by Gasteiger charge is 2.16. The molecule has 9 nitrogen and oxygen atoms in total. The van der Waals surface area contributed by atoms with Gasteiger partial charge in [-0.1, -0.05) is 54.6 Å². The molecule has 0 bridgehead atoms. The molecule has 2 aromatic carbocycles. The number of H-pyrrole nitrogens is 1. The highest BCUT2D eigenvalue weighted by atomic mass is 35.5. The Balaban J connectivity index is 0.000000168. The molecule has 0 aliphatic heterocycles. The number of benzene rings is 2. The maximum atomic E-state index is 14.3. The van der Waals surface area contributed by atoms with Gasteiger partial charge in [0, 0.05) is 46.5 Å². The van der Waals surface area contributed by atoms with Crippen LogP contribution in [0.2, 0.25) is 5.02 Å². The lowest BCUT2D eigenvalue weighted by atomic mass is 10.0. The van der Waals surface area contributed by atoms with Crippen molar-refractivity contribution in [1.82, 2.24) is 40.1 Å². The first kappa shape index (κ1) is 30.9. The second kappa shape index (κ2) is 14.3. The number of halogens is 2. The molecule has 7 aromatic rings. The first-order valence-electron chi connectivity index (χ1n) is 14.5. The minimum absolute atomic E-state index is 0.166. The van der Waals surface area contributed by atoms with Gasteiger partial charge < -0.3 is 5.32 Å². The Morgan fingerprint density at radius 2 is 1.72 bits per heavy atom. The summed E-state index contributed by atoms with van der Waals surface area (Å²) in [5.74, 6) is 0.0986. The molecule has 0 fully saturated rings. The number of fused-ring (bicyclic) bond motifs is 2. The van der Waals surface area contributed by atoms with Gasteiger partial charge >= 0.3 is 0 Å². The number of para-hydroxylation sites is 1. The van der Waals surface area contributed by atoms with Crippen molar-refractivity contribution < 1.29 is 4.39 Å². The standard InChI is InChI=1S/C19H15ClFN5.C17H12N4/c1-3-5-13(6-4-2)24-19-16-18(23-10-9-22-16)25-17(26-19)14-11-12(20)7-8-15(14)21;1-2-6-15-13(5-1)12(8-10-19-15)14-11-20-21-17(14)16-7-3-4-9-18-16/h3-11H,1H2,2H3,(H,23,24,25,26);1-11H,(H,20,21)/b6-4-,13-5+;. The highest BCUT2D eigenvalue weighted by molar-refractivity contribution is 6.30. The van der Waals surface area contributed by atoms with Gasteiger partial charge in [0.25, 0.3) is 0 Å². The van der Waals surface area contributed by atoms with Crippen LogP contribution in [0.15, 0.2) is 134 Å². The first-order chi connectivity index (χ1) is 23.1. The van der Waals surface area contributed by atoms with Crippen LogP contribution in [0.5, 0.6) is 0 Å². The number of aromatic nitrogens is 8. The first-order valence-corrected chi connectivity index (χ1v) is 14.9. The number of pyridine rings is 2. The summed E-state index contributed by atoms with van der Waals surface area (Å²) in [7, 11) is 0. The third-order valence-corrected chi connectivity index (χ3v) is 7.14. The number of aromatic amines is 1. The molecule has 5 heterocycles. The van der Waals surface area contributed by atoms with Crippen LogP contribution in [0.25, 0.3) is 56.0 Å². The van der Waals surface area contributed by atoms with Crippen LogP contribution < -0.4 is 5.32 Å². The summed E-state index contributed by atoms with van der Waals surface area (Å²) < 4.78 is 14.3. The summed E-state index contributed by atoms with van der Waals surface area (Å²) in [6.07, 6.45) is 15.7. The second-order valence-electron chi connectivity index (χ2n) is 9.98.